The molecule has 3 heterocycles. The van der Waals surface area contributed by atoms with Gasteiger partial charge in [0.25, 0.3) is 0 Å². The average molecular weight is 324 g/mol. The predicted molar refractivity (Wildman–Crippen MR) is 74.6 cm³/mol. The predicted octanol–water partition coefficient (Wildman–Crippen LogP) is 3.74. The van der Waals surface area contributed by atoms with Crippen LogP contribution in [-0.4, -0.2) is 19.9 Å². The Balaban J connectivity index is 2.28. The lowest BCUT2D eigenvalue weighted by Crippen LogP contribution is -1.93. The average Bonchev–Trinajstić information content (AvgIpc) is 2.66. The first kappa shape index (κ1) is 11.6. The maximum Gasteiger partial charge on any atom is 0.163 e. The van der Waals surface area contributed by atoms with Gasteiger partial charge in [-0.2, -0.15) is 0 Å². The first-order chi connectivity index (χ1) is 8.66. The molecule has 0 unspecified atom stereocenters. The molecule has 90 valence electrons. The zero-order valence-corrected chi connectivity index (χ0v) is 11.7. The van der Waals surface area contributed by atoms with Crippen LogP contribution in [0.4, 0.5) is 0 Å². The molecule has 0 bridgehead atoms. The number of nitrogens with zero attached hydrogens (tertiary/aromatic N) is 3. The Morgan fingerprint density at radius 1 is 1.33 bits per heavy atom. The van der Waals surface area contributed by atoms with Crippen LogP contribution in [0.3, 0.4) is 0 Å². The summed E-state index contributed by atoms with van der Waals surface area (Å²) in [5.41, 5.74) is 2.47. The highest BCUT2D eigenvalue weighted by Gasteiger charge is 2.14. The van der Waals surface area contributed by atoms with E-state index in [-0.39, 0.29) is 0 Å². The molecular weight excluding hydrogens is 316 g/mol. The lowest BCUT2D eigenvalue weighted by molar-refractivity contribution is 1.14. The molecule has 3 rings (SSSR count). The number of H-pyrrole nitrogens is 1. The van der Waals surface area contributed by atoms with Gasteiger partial charge in [0.1, 0.15) is 10.8 Å². The Labute approximate surface area is 117 Å². The summed E-state index contributed by atoms with van der Waals surface area (Å²) in [5.74, 6) is 0.638. The van der Waals surface area contributed by atoms with Crippen molar-refractivity contribution in [2.24, 2.45) is 0 Å². The van der Waals surface area contributed by atoms with Crippen LogP contribution in [0.5, 0.6) is 0 Å². The Morgan fingerprint density at radius 3 is 2.89 bits per heavy atom. The normalized spacial score (nSPS) is 11.1. The Morgan fingerprint density at radius 2 is 2.17 bits per heavy atom. The molecule has 3 aromatic heterocycles. The van der Waals surface area contributed by atoms with Gasteiger partial charge in [0.15, 0.2) is 5.82 Å². The quantitative estimate of drug-likeness (QED) is 0.742. The SMILES string of the molecule is Cc1nc(-c2cccnc2)nc2[nH]c(Cl)c(Br)c12. The van der Waals surface area contributed by atoms with Crippen LogP contribution >= 0.6 is 27.5 Å². The van der Waals surface area contributed by atoms with Crippen molar-refractivity contribution < 1.29 is 0 Å². The maximum atomic E-state index is 6.04. The largest absolute Gasteiger partial charge is 0.329 e. The molecule has 4 nitrogen and oxygen atoms in total. The first-order valence-corrected chi connectivity index (χ1v) is 6.45. The zero-order valence-electron chi connectivity index (χ0n) is 9.41. The van der Waals surface area contributed by atoms with Gasteiger partial charge in [0.05, 0.1) is 15.6 Å². The molecule has 0 radical (unpaired) electrons. The second-order valence-electron chi connectivity index (χ2n) is 3.85. The Bertz CT molecular complexity index is 724. The van der Waals surface area contributed by atoms with Gasteiger partial charge >= 0.3 is 0 Å². The summed E-state index contributed by atoms with van der Waals surface area (Å²) in [7, 11) is 0. The van der Waals surface area contributed by atoms with Gasteiger partial charge in [0.2, 0.25) is 0 Å². The van der Waals surface area contributed by atoms with E-state index in [1.54, 1.807) is 12.4 Å². The van der Waals surface area contributed by atoms with E-state index in [9.17, 15) is 0 Å². The number of aryl methyl sites for hydroxylation is 1. The van der Waals surface area contributed by atoms with E-state index in [0.717, 1.165) is 26.8 Å². The van der Waals surface area contributed by atoms with Gasteiger partial charge in [-0.15, -0.1) is 0 Å². The molecule has 0 saturated heterocycles. The first-order valence-electron chi connectivity index (χ1n) is 5.28. The van der Waals surface area contributed by atoms with Gasteiger partial charge in [-0.25, -0.2) is 9.97 Å². The molecule has 0 aliphatic heterocycles. The van der Waals surface area contributed by atoms with E-state index in [1.807, 2.05) is 19.1 Å². The summed E-state index contributed by atoms with van der Waals surface area (Å²) >= 11 is 9.47. The van der Waals surface area contributed by atoms with Gasteiger partial charge < -0.3 is 4.98 Å². The van der Waals surface area contributed by atoms with Crippen molar-refractivity contribution in [3.63, 3.8) is 0 Å². The van der Waals surface area contributed by atoms with Gasteiger partial charge in [0, 0.05) is 18.0 Å². The molecule has 0 fully saturated rings. The third-order valence-electron chi connectivity index (χ3n) is 2.65. The van der Waals surface area contributed by atoms with Crippen molar-refractivity contribution in [2.75, 3.05) is 0 Å². The van der Waals surface area contributed by atoms with E-state index >= 15 is 0 Å². The van der Waals surface area contributed by atoms with Gasteiger partial charge in [-0.05, 0) is 35.0 Å². The van der Waals surface area contributed by atoms with Crippen molar-refractivity contribution >= 4 is 38.6 Å². The number of nitrogens with one attached hydrogen (secondary N) is 1. The highest BCUT2D eigenvalue weighted by molar-refractivity contribution is 9.10. The molecule has 0 amide bonds. The molecule has 0 atom stereocenters. The highest BCUT2D eigenvalue weighted by atomic mass is 79.9. The van der Waals surface area contributed by atoms with E-state index in [4.69, 9.17) is 11.6 Å². The fourth-order valence-corrected chi connectivity index (χ4v) is 2.58. The minimum atomic E-state index is 0.533. The lowest BCUT2D eigenvalue weighted by atomic mass is 10.2. The molecule has 0 spiro atoms. The molecule has 3 aromatic rings. The minimum Gasteiger partial charge on any atom is -0.329 e. The molecule has 0 saturated carbocycles. The summed E-state index contributed by atoms with van der Waals surface area (Å²) in [4.78, 5) is 16.0. The van der Waals surface area contributed by atoms with Crippen LogP contribution in [-0.2, 0) is 0 Å². The maximum absolute atomic E-state index is 6.04. The van der Waals surface area contributed by atoms with Gasteiger partial charge in [-0.1, -0.05) is 11.6 Å². The number of fused-ring (bicyclic) bond motifs is 1. The number of aromatic amines is 1. The summed E-state index contributed by atoms with van der Waals surface area (Å²) < 4.78 is 0.800. The number of pyridine rings is 1. The zero-order chi connectivity index (χ0) is 12.7. The second-order valence-corrected chi connectivity index (χ2v) is 5.02. The smallest absolute Gasteiger partial charge is 0.163 e. The van der Waals surface area contributed by atoms with Crippen molar-refractivity contribution in [2.45, 2.75) is 6.92 Å². The number of hydrogen-bond acceptors (Lipinski definition) is 3. The number of aromatic nitrogens is 4. The van der Waals surface area contributed by atoms with Crippen molar-refractivity contribution in [3.8, 4) is 11.4 Å². The fraction of sp³-hybridized carbons (Fsp3) is 0.0833. The molecule has 1 N–H and O–H groups in total. The minimum absolute atomic E-state index is 0.533. The van der Waals surface area contributed by atoms with E-state index < -0.39 is 0 Å². The summed E-state index contributed by atoms with van der Waals surface area (Å²) in [6.07, 6.45) is 3.46. The van der Waals surface area contributed by atoms with Crippen LogP contribution in [0.2, 0.25) is 5.15 Å². The topological polar surface area (TPSA) is 54.5 Å². The van der Waals surface area contributed by atoms with Crippen molar-refractivity contribution in [1.29, 1.82) is 0 Å². The third-order valence-corrected chi connectivity index (χ3v) is 3.95. The number of rotatable bonds is 1. The molecule has 0 aliphatic carbocycles. The molecular formula is C12H8BrClN4. The van der Waals surface area contributed by atoms with Crippen LogP contribution in [0.15, 0.2) is 29.0 Å². The van der Waals surface area contributed by atoms with Crippen molar-refractivity contribution in [3.05, 3.63) is 39.8 Å². The molecule has 18 heavy (non-hydrogen) atoms. The third kappa shape index (κ3) is 1.79. The lowest BCUT2D eigenvalue weighted by Gasteiger charge is -2.02. The Kier molecular flexibility index (Phi) is 2.80. The summed E-state index contributed by atoms with van der Waals surface area (Å²) in [6, 6.07) is 3.78. The van der Waals surface area contributed by atoms with Crippen LogP contribution in [0.25, 0.3) is 22.4 Å². The van der Waals surface area contributed by atoms with E-state index in [0.29, 0.717) is 11.0 Å². The number of hydrogen-bond donors (Lipinski definition) is 1. The standard InChI is InChI=1S/C12H8BrClN4/c1-6-8-9(13)10(14)17-12(8)18-11(16-6)7-3-2-4-15-5-7/h2-5H,1H3,(H,16,17,18). The monoisotopic (exact) mass is 322 g/mol. The summed E-state index contributed by atoms with van der Waals surface area (Å²) in [5, 5.41) is 1.44. The van der Waals surface area contributed by atoms with Crippen LogP contribution in [0.1, 0.15) is 5.69 Å². The van der Waals surface area contributed by atoms with Gasteiger partial charge in [-0.3, -0.25) is 4.98 Å². The number of halogens is 2. The molecule has 0 aromatic carbocycles. The van der Waals surface area contributed by atoms with E-state index in [1.165, 1.54) is 0 Å². The second kappa shape index (κ2) is 4.33. The van der Waals surface area contributed by atoms with Crippen LogP contribution in [0, 0.1) is 6.92 Å². The Hall–Kier alpha value is -1.46. The fourth-order valence-electron chi connectivity index (χ4n) is 1.82. The molecule has 0 aliphatic rings. The summed E-state index contributed by atoms with van der Waals surface area (Å²) in [6.45, 7) is 1.93. The van der Waals surface area contributed by atoms with Crippen LogP contribution < -0.4 is 0 Å². The molecule has 6 heteroatoms. The van der Waals surface area contributed by atoms with E-state index in [2.05, 4.69) is 35.9 Å². The van der Waals surface area contributed by atoms with Crippen molar-refractivity contribution in [1.82, 2.24) is 19.9 Å². The highest BCUT2D eigenvalue weighted by Crippen LogP contribution is 2.32.